The molecule has 0 amide bonds. The maximum absolute atomic E-state index is 11.2. The molecular weight excluding hydrogens is 250 g/mol. The van der Waals surface area contributed by atoms with Crippen LogP contribution in [0.15, 0.2) is 16.3 Å². The Bertz CT molecular complexity index is 356. The molecule has 0 fully saturated rings. The minimum Gasteiger partial charge on any atom is -0.512 e. The molecule has 0 radical (unpaired) electrons. The van der Waals surface area contributed by atoms with E-state index < -0.39 is 5.97 Å². The molecule has 0 rings (SSSR count). The zero-order valence-electron chi connectivity index (χ0n) is 11.6. The first-order valence-electron chi connectivity index (χ1n) is 6.07. The van der Waals surface area contributed by atoms with Crippen LogP contribution in [0.1, 0.15) is 32.6 Å². The summed E-state index contributed by atoms with van der Waals surface area (Å²) in [5.41, 5.74) is 0.0528. The molecule has 0 aliphatic heterocycles. The summed E-state index contributed by atoms with van der Waals surface area (Å²) in [5, 5.41) is 9.28. The van der Waals surface area contributed by atoms with Crippen LogP contribution in [0.25, 0.3) is 0 Å². The summed E-state index contributed by atoms with van der Waals surface area (Å²) in [6.45, 7) is 1.92. The maximum Gasteiger partial charge on any atom is 0.342 e. The number of aliphatic imine (C=N–C) groups is 1. The van der Waals surface area contributed by atoms with Gasteiger partial charge in [0.25, 0.3) is 0 Å². The largest absolute Gasteiger partial charge is 0.512 e. The van der Waals surface area contributed by atoms with E-state index in [0.29, 0.717) is 13.0 Å². The van der Waals surface area contributed by atoms with Crippen molar-refractivity contribution in [1.29, 1.82) is 0 Å². The van der Waals surface area contributed by atoms with E-state index in [1.54, 1.807) is 0 Å². The van der Waals surface area contributed by atoms with Crippen molar-refractivity contribution in [3.8, 4) is 0 Å². The number of carbonyl (C=O) groups excluding carboxylic acids is 2. The van der Waals surface area contributed by atoms with Gasteiger partial charge in [-0.1, -0.05) is 6.42 Å². The van der Waals surface area contributed by atoms with E-state index in [0.717, 1.165) is 19.3 Å². The fourth-order valence-electron chi connectivity index (χ4n) is 1.31. The summed E-state index contributed by atoms with van der Waals surface area (Å²) in [4.78, 5) is 26.1. The Hall–Kier alpha value is -1.85. The van der Waals surface area contributed by atoms with Crippen molar-refractivity contribution in [3.63, 3.8) is 0 Å². The molecule has 1 N–H and O–H groups in total. The van der Waals surface area contributed by atoms with Gasteiger partial charge in [-0.2, -0.15) is 0 Å². The van der Waals surface area contributed by atoms with Gasteiger partial charge in [-0.05, 0) is 19.8 Å². The number of carbonyl (C=O) groups is 2. The van der Waals surface area contributed by atoms with Crippen LogP contribution in [0.2, 0.25) is 0 Å². The van der Waals surface area contributed by atoms with Crippen LogP contribution >= 0.6 is 0 Å². The lowest BCUT2D eigenvalue weighted by Gasteiger charge is -2.01. The third-order valence-electron chi connectivity index (χ3n) is 2.41. The summed E-state index contributed by atoms with van der Waals surface area (Å²) >= 11 is 0. The second-order valence-electron chi connectivity index (χ2n) is 3.91. The van der Waals surface area contributed by atoms with Crippen LogP contribution in [-0.4, -0.2) is 44.0 Å². The van der Waals surface area contributed by atoms with E-state index in [1.807, 2.05) is 0 Å². The van der Waals surface area contributed by atoms with E-state index in [2.05, 4.69) is 14.5 Å². The molecule has 19 heavy (non-hydrogen) atoms. The topological polar surface area (TPSA) is 85.2 Å². The number of unbranched alkanes of at least 4 members (excludes halogenated alkanes) is 2. The smallest absolute Gasteiger partial charge is 0.342 e. The summed E-state index contributed by atoms with van der Waals surface area (Å²) in [6.07, 6.45) is 4.11. The Balaban J connectivity index is 3.93. The van der Waals surface area contributed by atoms with Crippen molar-refractivity contribution in [3.05, 3.63) is 11.3 Å². The van der Waals surface area contributed by atoms with Gasteiger partial charge in [-0.25, -0.2) is 4.79 Å². The van der Waals surface area contributed by atoms with E-state index in [4.69, 9.17) is 0 Å². The predicted octanol–water partition coefficient (Wildman–Crippen LogP) is 1.80. The third-order valence-corrected chi connectivity index (χ3v) is 2.41. The van der Waals surface area contributed by atoms with Gasteiger partial charge in [-0.3, -0.25) is 9.79 Å². The molecule has 0 aromatic rings. The SMILES string of the molecule is COC(=O)CCCCCN=C/C(C(=O)OC)=C(/C)O. The average molecular weight is 271 g/mol. The number of hydrogen-bond acceptors (Lipinski definition) is 6. The van der Waals surface area contributed by atoms with Crippen LogP contribution < -0.4 is 0 Å². The molecule has 0 aliphatic carbocycles. The molecule has 6 heteroatoms. The zero-order valence-corrected chi connectivity index (χ0v) is 11.6. The molecular formula is C13H21NO5. The number of nitrogens with zero attached hydrogens (tertiary/aromatic N) is 1. The molecule has 0 spiro atoms. The minimum absolute atomic E-state index is 0.0528. The molecule has 0 saturated carbocycles. The molecule has 0 atom stereocenters. The fraction of sp³-hybridized carbons (Fsp3) is 0.615. The normalized spacial score (nSPS) is 12.2. The molecule has 108 valence electrons. The van der Waals surface area contributed by atoms with Gasteiger partial charge >= 0.3 is 11.9 Å². The number of methoxy groups -OCH3 is 2. The average Bonchev–Trinajstić information content (AvgIpc) is 2.40. The summed E-state index contributed by atoms with van der Waals surface area (Å²) in [7, 11) is 2.61. The zero-order chi connectivity index (χ0) is 14.7. The molecule has 0 saturated heterocycles. The first-order chi connectivity index (χ1) is 9.02. The van der Waals surface area contributed by atoms with Crippen LogP contribution in [0.3, 0.4) is 0 Å². The van der Waals surface area contributed by atoms with Crippen molar-refractivity contribution in [2.24, 2.45) is 4.99 Å². The van der Waals surface area contributed by atoms with Gasteiger partial charge in [0.15, 0.2) is 0 Å². The highest BCUT2D eigenvalue weighted by molar-refractivity contribution is 6.09. The number of aliphatic hydroxyl groups excluding tert-OH is 1. The lowest BCUT2D eigenvalue weighted by atomic mass is 10.2. The number of allylic oxidation sites excluding steroid dienone is 1. The van der Waals surface area contributed by atoms with E-state index in [9.17, 15) is 14.7 Å². The number of esters is 2. The van der Waals surface area contributed by atoms with Crippen molar-refractivity contribution < 1.29 is 24.2 Å². The van der Waals surface area contributed by atoms with Gasteiger partial charge < -0.3 is 14.6 Å². The predicted molar refractivity (Wildman–Crippen MR) is 71.2 cm³/mol. The molecule has 6 nitrogen and oxygen atoms in total. The lowest BCUT2D eigenvalue weighted by molar-refractivity contribution is -0.140. The Morgan fingerprint density at radius 1 is 1.16 bits per heavy atom. The Kier molecular flexibility index (Phi) is 9.12. The van der Waals surface area contributed by atoms with Gasteiger partial charge in [-0.15, -0.1) is 0 Å². The van der Waals surface area contributed by atoms with Gasteiger partial charge in [0.2, 0.25) is 0 Å². The highest BCUT2D eigenvalue weighted by atomic mass is 16.5. The lowest BCUT2D eigenvalue weighted by Crippen LogP contribution is -2.08. The Morgan fingerprint density at radius 3 is 2.37 bits per heavy atom. The standard InChI is InChI=1S/C13H21NO5/c1-10(15)11(13(17)19-3)9-14-8-6-4-5-7-12(16)18-2/h9,15H,4-8H2,1-3H3/b11-10+,14-9?. The first-order valence-corrected chi connectivity index (χ1v) is 6.07. The van der Waals surface area contributed by atoms with Crippen molar-refractivity contribution in [1.82, 2.24) is 0 Å². The van der Waals surface area contributed by atoms with Crippen molar-refractivity contribution in [2.45, 2.75) is 32.6 Å². The van der Waals surface area contributed by atoms with Crippen LogP contribution in [-0.2, 0) is 19.1 Å². The Morgan fingerprint density at radius 2 is 1.84 bits per heavy atom. The number of aliphatic hydroxyl groups is 1. The molecule has 0 unspecified atom stereocenters. The molecule has 0 aliphatic rings. The van der Waals surface area contributed by atoms with Gasteiger partial charge in [0, 0.05) is 19.2 Å². The quantitative estimate of drug-likeness (QED) is 0.239. The molecule has 0 aromatic heterocycles. The minimum atomic E-state index is -0.616. The summed E-state index contributed by atoms with van der Waals surface area (Å²) < 4.78 is 9.03. The Labute approximate surface area is 113 Å². The number of hydrogen-bond donors (Lipinski definition) is 1. The second-order valence-corrected chi connectivity index (χ2v) is 3.91. The third kappa shape index (κ3) is 7.96. The highest BCUT2D eigenvalue weighted by Gasteiger charge is 2.10. The highest BCUT2D eigenvalue weighted by Crippen LogP contribution is 2.03. The van der Waals surface area contributed by atoms with E-state index in [-0.39, 0.29) is 17.3 Å². The van der Waals surface area contributed by atoms with Crippen LogP contribution in [0, 0.1) is 0 Å². The first kappa shape index (κ1) is 17.2. The van der Waals surface area contributed by atoms with E-state index >= 15 is 0 Å². The second kappa shape index (κ2) is 10.1. The van der Waals surface area contributed by atoms with Gasteiger partial charge in [0.05, 0.1) is 14.2 Å². The molecule has 0 aromatic carbocycles. The van der Waals surface area contributed by atoms with Crippen LogP contribution in [0.5, 0.6) is 0 Å². The summed E-state index contributed by atoms with van der Waals surface area (Å²) in [5.74, 6) is -0.953. The molecule has 0 bridgehead atoms. The van der Waals surface area contributed by atoms with Crippen molar-refractivity contribution in [2.75, 3.05) is 20.8 Å². The van der Waals surface area contributed by atoms with Crippen molar-refractivity contribution >= 4 is 18.2 Å². The van der Waals surface area contributed by atoms with E-state index in [1.165, 1.54) is 27.4 Å². The fourth-order valence-corrected chi connectivity index (χ4v) is 1.31. The summed E-state index contributed by atoms with van der Waals surface area (Å²) in [6, 6.07) is 0. The number of rotatable bonds is 8. The maximum atomic E-state index is 11.2. The van der Waals surface area contributed by atoms with Gasteiger partial charge in [0.1, 0.15) is 11.3 Å². The monoisotopic (exact) mass is 271 g/mol. The number of ether oxygens (including phenoxy) is 2. The van der Waals surface area contributed by atoms with Crippen LogP contribution in [0.4, 0.5) is 0 Å². The molecule has 0 heterocycles.